The maximum atomic E-state index is 12.0. The van der Waals surface area contributed by atoms with Crippen molar-refractivity contribution < 1.29 is 4.79 Å². The molecule has 4 rings (SSSR count). The molecule has 0 atom stereocenters. The highest BCUT2D eigenvalue weighted by atomic mass is 16.2. The van der Waals surface area contributed by atoms with E-state index in [1.54, 1.807) is 0 Å². The molecule has 1 saturated heterocycles. The average Bonchev–Trinajstić information content (AvgIpc) is 3.14. The van der Waals surface area contributed by atoms with Gasteiger partial charge in [-0.15, -0.1) is 0 Å². The Bertz CT molecular complexity index is 957. The van der Waals surface area contributed by atoms with Crippen molar-refractivity contribution >= 4 is 22.5 Å². The largest absolute Gasteiger partial charge is 0.330 e. The molecule has 3 heterocycles. The van der Waals surface area contributed by atoms with Gasteiger partial charge in [-0.3, -0.25) is 4.79 Å². The van der Waals surface area contributed by atoms with Crippen LogP contribution in [-0.4, -0.2) is 27.0 Å². The Labute approximate surface area is 140 Å². The second-order valence-corrected chi connectivity index (χ2v) is 6.42. The molecular formula is C19H20N4O. The normalized spacial score (nSPS) is 14.8. The first kappa shape index (κ1) is 14.9. The van der Waals surface area contributed by atoms with E-state index in [-0.39, 0.29) is 5.91 Å². The van der Waals surface area contributed by atoms with E-state index in [4.69, 9.17) is 4.98 Å². The molecule has 0 bridgehead atoms. The summed E-state index contributed by atoms with van der Waals surface area (Å²) >= 11 is 0. The lowest BCUT2D eigenvalue weighted by molar-refractivity contribution is -0.117. The first-order valence-electron chi connectivity index (χ1n) is 8.25. The summed E-state index contributed by atoms with van der Waals surface area (Å²) in [5.41, 5.74) is 5.00. The Kier molecular flexibility index (Phi) is 3.37. The second kappa shape index (κ2) is 5.44. The van der Waals surface area contributed by atoms with E-state index in [1.165, 1.54) is 0 Å². The summed E-state index contributed by atoms with van der Waals surface area (Å²) in [5.74, 6) is 1.18. The summed E-state index contributed by atoms with van der Waals surface area (Å²) in [7, 11) is 2.00. The van der Waals surface area contributed by atoms with Crippen LogP contribution in [0, 0.1) is 13.8 Å². The predicted molar refractivity (Wildman–Crippen MR) is 95.0 cm³/mol. The van der Waals surface area contributed by atoms with Gasteiger partial charge in [-0.1, -0.05) is 0 Å². The van der Waals surface area contributed by atoms with Crippen molar-refractivity contribution in [3.8, 4) is 11.4 Å². The number of benzene rings is 1. The van der Waals surface area contributed by atoms with E-state index < -0.39 is 0 Å². The van der Waals surface area contributed by atoms with Crippen LogP contribution in [0.5, 0.6) is 0 Å². The molecule has 0 unspecified atom stereocenters. The van der Waals surface area contributed by atoms with Crippen LogP contribution in [0.25, 0.3) is 22.3 Å². The lowest BCUT2D eigenvalue weighted by atomic mass is 10.1. The van der Waals surface area contributed by atoms with Gasteiger partial charge in [0.25, 0.3) is 0 Å². The molecule has 1 aliphatic rings. The molecule has 5 nitrogen and oxygen atoms in total. The number of nitrogens with zero attached hydrogens (tertiary/aromatic N) is 4. The van der Waals surface area contributed by atoms with Gasteiger partial charge in [-0.2, -0.15) is 0 Å². The van der Waals surface area contributed by atoms with E-state index in [2.05, 4.69) is 24.0 Å². The van der Waals surface area contributed by atoms with Gasteiger partial charge < -0.3 is 9.47 Å². The zero-order valence-corrected chi connectivity index (χ0v) is 14.2. The van der Waals surface area contributed by atoms with E-state index in [0.29, 0.717) is 6.42 Å². The Morgan fingerprint density at radius 2 is 2.00 bits per heavy atom. The number of aromatic nitrogens is 3. The molecule has 1 aromatic carbocycles. The van der Waals surface area contributed by atoms with Crippen molar-refractivity contribution in [3.63, 3.8) is 0 Å². The van der Waals surface area contributed by atoms with Crippen molar-refractivity contribution in [2.45, 2.75) is 26.7 Å². The molecular weight excluding hydrogens is 300 g/mol. The topological polar surface area (TPSA) is 51.0 Å². The minimum Gasteiger partial charge on any atom is -0.330 e. The summed E-state index contributed by atoms with van der Waals surface area (Å²) in [4.78, 5) is 23.0. The molecule has 1 amide bonds. The predicted octanol–water partition coefficient (Wildman–Crippen LogP) is 3.38. The van der Waals surface area contributed by atoms with Gasteiger partial charge in [-0.05, 0) is 50.1 Å². The Morgan fingerprint density at radius 1 is 1.17 bits per heavy atom. The third-order valence-electron chi connectivity index (χ3n) is 4.87. The number of imidazole rings is 1. The molecule has 0 aliphatic carbocycles. The van der Waals surface area contributed by atoms with Crippen molar-refractivity contribution in [1.29, 1.82) is 0 Å². The van der Waals surface area contributed by atoms with Gasteiger partial charge >= 0.3 is 0 Å². The van der Waals surface area contributed by atoms with Crippen molar-refractivity contribution in [1.82, 2.24) is 14.5 Å². The minimum absolute atomic E-state index is 0.210. The number of aryl methyl sites for hydroxylation is 2. The number of hydrogen-bond donors (Lipinski definition) is 0. The molecule has 24 heavy (non-hydrogen) atoms. The van der Waals surface area contributed by atoms with Crippen LogP contribution in [-0.2, 0) is 11.8 Å². The quantitative estimate of drug-likeness (QED) is 0.727. The summed E-state index contributed by atoms with van der Waals surface area (Å²) in [5, 5.41) is 1.09. The molecule has 5 heteroatoms. The van der Waals surface area contributed by atoms with E-state index in [9.17, 15) is 4.79 Å². The van der Waals surface area contributed by atoms with Crippen LogP contribution in [0.3, 0.4) is 0 Å². The third kappa shape index (κ3) is 2.28. The van der Waals surface area contributed by atoms with Crippen LogP contribution in [0.1, 0.15) is 24.2 Å². The van der Waals surface area contributed by atoms with Gasteiger partial charge in [-0.25, -0.2) is 9.97 Å². The lowest BCUT2D eigenvalue weighted by Crippen LogP contribution is -2.23. The zero-order valence-electron chi connectivity index (χ0n) is 14.2. The number of hydrogen-bond acceptors (Lipinski definition) is 3. The number of fused-ring (bicyclic) bond motifs is 1. The maximum absolute atomic E-state index is 12.0. The van der Waals surface area contributed by atoms with Crippen LogP contribution in [0.4, 0.5) is 5.69 Å². The van der Waals surface area contributed by atoms with Crippen molar-refractivity contribution in [3.05, 3.63) is 41.9 Å². The van der Waals surface area contributed by atoms with Gasteiger partial charge in [0.15, 0.2) is 0 Å². The SMILES string of the molecule is Cc1cc(-c2cnc(C)n2C)nc2ccc(N3CCCC3=O)cc12. The Hall–Kier alpha value is -2.69. The fraction of sp³-hybridized carbons (Fsp3) is 0.316. The fourth-order valence-electron chi connectivity index (χ4n) is 3.34. The summed E-state index contributed by atoms with van der Waals surface area (Å²) in [6, 6.07) is 8.18. The fourth-order valence-corrected chi connectivity index (χ4v) is 3.34. The molecule has 1 aliphatic heterocycles. The molecule has 1 fully saturated rings. The molecule has 3 aromatic rings. The standard InChI is InChI=1S/C19H20N4O/c1-12-9-17(18-11-20-13(2)22(18)3)21-16-7-6-14(10-15(12)16)23-8-4-5-19(23)24/h6-7,9-11H,4-5,8H2,1-3H3. The smallest absolute Gasteiger partial charge is 0.227 e. The van der Waals surface area contributed by atoms with Gasteiger partial charge in [0.1, 0.15) is 5.82 Å². The minimum atomic E-state index is 0.210. The second-order valence-electron chi connectivity index (χ2n) is 6.42. The number of amides is 1. The maximum Gasteiger partial charge on any atom is 0.227 e. The number of rotatable bonds is 2. The molecule has 2 aromatic heterocycles. The number of carbonyl (C=O) groups excluding carboxylic acids is 1. The molecule has 122 valence electrons. The average molecular weight is 320 g/mol. The summed E-state index contributed by atoms with van der Waals surface area (Å²) in [6.07, 6.45) is 3.45. The number of anilines is 1. The van der Waals surface area contributed by atoms with E-state index >= 15 is 0 Å². The van der Waals surface area contributed by atoms with E-state index in [1.807, 2.05) is 41.8 Å². The van der Waals surface area contributed by atoms with Crippen LogP contribution < -0.4 is 4.90 Å². The molecule has 0 spiro atoms. The summed E-state index contributed by atoms with van der Waals surface area (Å²) in [6.45, 7) is 4.88. The van der Waals surface area contributed by atoms with Gasteiger partial charge in [0.2, 0.25) is 5.91 Å². The van der Waals surface area contributed by atoms with Crippen LogP contribution >= 0.6 is 0 Å². The highest BCUT2D eigenvalue weighted by molar-refractivity contribution is 5.98. The zero-order chi connectivity index (χ0) is 16.8. The first-order chi connectivity index (χ1) is 11.5. The lowest BCUT2D eigenvalue weighted by Gasteiger charge is -2.17. The Morgan fingerprint density at radius 3 is 2.67 bits per heavy atom. The van der Waals surface area contributed by atoms with Crippen LogP contribution in [0.15, 0.2) is 30.5 Å². The number of pyridine rings is 1. The third-order valence-corrected chi connectivity index (χ3v) is 4.87. The van der Waals surface area contributed by atoms with E-state index in [0.717, 1.165) is 52.3 Å². The van der Waals surface area contributed by atoms with Crippen molar-refractivity contribution in [2.75, 3.05) is 11.4 Å². The first-order valence-corrected chi connectivity index (χ1v) is 8.25. The highest BCUT2D eigenvalue weighted by Gasteiger charge is 2.22. The monoisotopic (exact) mass is 320 g/mol. The van der Waals surface area contributed by atoms with Gasteiger partial charge in [0, 0.05) is 31.1 Å². The number of carbonyl (C=O) groups is 1. The molecule has 0 radical (unpaired) electrons. The molecule has 0 N–H and O–H groups in total. The summed E-state index contributed by atoms with van der Waals surface area (Å²) < 4.78 is 2.05. The highest BCUT2D eigenvalue weighted by Crippen LogP contribution is 2.29. The Balaban J connectivity index is 1.82. The van der Waals surface area contributed by atoms with Gasteiger partial charge in [0.05, 0.1) is 23.1 Å². The van der Waals surface area contributed by atoms with Crippen LogP contribution in [0.2, 0.25) is 0 Å². The molecule has 0 saturated carbocycles. The van der Waals surface area contributed by atoms with Crippen molar-refractivity contribution in [2.24, 2.45) is 7.05 Å².